The van der Waals surface area contributed by atoms with Gasteiger partial charge in [0.15, 0.2) is 0 Å². The van der Waals surface area contributed by atoms with Crippen LogP contribution in [0.4, 0.5) is 5.00 Å². The van der Waals surface area contributed by atoms with E-state index in [-0.39, 0.29) is 12.3 Å². The Balaban J connectivity index is 2.23. The number of rotatable bonds is 4. The molecule has 0 aliphatic rings. The molecule has 0 saturated carbocycles. The van der Waals surface area contributed by atoms with Crippen LogP contribution in [0.2, 0.25) is 5.02 Å². The maximum atomic E-state index is 12.1. The molecule has 0 unspecified atom stereocenters. The number of anilines is 1. The Kier molecular flexibility index (Phi) is 4.93. The van der Waals surface area contributed by atoms with E-state index in [1.54, 1.807) is 19.1 Å². The minimum absolute atomic E-state index is 0.184. The van der Waals surface area contributed by atoms with Crippen molar-refractivity contribution in [3.63, 3.8) is 0 Å². The molecule has 110 valence electrons. The molecule has 0 aliphatic heterocycles. The van der Waals surface area contributed by atoms with Crippen molar-refractivity contribution in [2.75, 3.05) is 11.9 Å². The van der Waals surface area contributed by atoms with Gasteiger partial charge >= 0.3 is 5.97 Å². The van der Waals surface area contributed by atoms with Crippen molar-refractivity contribution in [2.24, 2.45) is 0 Å². The van der Waals surface area contributed by atoms with Crippen LogP contribution in [0, 0.1) is 6.92 Å². The molecule has 0 spiro atoms. The Morgan fingerprint density at radius 2 is 2.19 bits per heavy atom. The number of aromatic nitrogens is 1. The summed E-state index contributed by atoms with van der Waals surface area (Å²) in [6.45, 7) is 3.85. The summed E-state index contributed by atoms with van der Waals surface area (Å²) in [7, 11) is 0. The fourth-order valence-electron chi connectivity index (χ4n) is 1.66. The van der Waals surface area contributed by atoms with Crippen LogP contribution in [-0.4, -0.2) is 23.5 Å². The topological polar surface area (TPSA) is 68.3 Å². The smallest absolute Gasteiger partial charge is 0.341 e. The number of ether oxygens (including phenoxy) is 1. The number of pyridine rings is 1. The lowest BCUT2D eigenvalue weighted by Gasteiger charge is -2.05. The molecule has 2 aromatic heterocycles. The molecule has 5 nitrogen and oxygen atoms in total. The second kappa shape index (κ2) is 6.69. The van der Waals surface area contributed by atoms with Gasteiger partial charge in [0, 0.05) is 16.1 Å². The highest BCUT2D eigenvalue weighted by Gasteiger charge is 2.19. The first-order valence-corrected chi connectivity index (χ1v) is 7.41. The van der Waals surface area contributed by atoms with Gasteiger partial charge < -0.3 is 10.1 Å². The van der Waals surface area contributed by atoms with E-state index >= 15 is 0 Å². The van der Waals surface area contributed by atoms with Gasteiger partial charge in [-0.1, -0.05) is 11.6 Å². The number of hydrogen-bond donors (Lipinski definition) is 1. The summed E-state index contributed by atoms with van der Waals surface area (Å²) in [4.78, 5) is 28.8. The van der Waals surface area contributed by atoms with Crippen LogP contribution in [0.15, 0.2) is 24.4 Å². The van der Waals surface area contributed by atoms with Gasteiger partial charge in [-0.3, -0.25) is 9.78 Å². The quantitative estimate of drug-likeness (QED) is 0.873. The maximum Gasteiger partial charge on any atom is 0.341 e. The molecule has 7 heteroatoms. The number of halogens is 1. The molecule has 0 bridgehead atoms. The van der Waals surface area contributed by atoms with E-state index in [0.717, 1.165) is 4.88 Å². The summed E-state index contributed by atoms with van der Waals surface area (Å²) < 4.78 is 4.97. The van der Waals surface area contributed by atoms with Gasteiger partial charge in [-0.05, 0) is 32.0 Å². The van der Waals surface area contributed by atoms with Crippen LogP contribution in [0.3, 0.4) is 0 Å². The molecule has 0 fully saturated rings. The Morgan fingerprint density at radius 1 is 1.43 bits per heavy atom. The Hall–Kier alpha value is -1.92. The van der Waals surface area contributed by atoms with Crippen molar-refractivity contribution >= 4 is 39.8 Å². The van der Waals surface area contributed by atoms with Crippen LogP contribution in [0.5, 0.6) is 0 Å². The largest absolute Gasteiger partial charge is 0.462 e. The Morgan fingerprint density at radius 3 is 2.86 bits per heavy atom. The molecule has 1 amide bonds. The molecule has 0 saturated heterocycles. The summed E-state index contributed by atoms with van der Waals surface area (Å²) >= 11 is 7.13. The monoisotopic (exact) mass is 324 g/mol. The molecule has 1 N–H and O–H groups in total. The number of carbonyl (C=O) groups is 2. The zero-order valence-electron chi connectivity index (χ0n) is 11.5. The van der Waals surface area contributed by atoms with Crippen LogP contribution in [0.25, 0.3) is 0 Å². The van der Waals surface area contributed by atoms with E-state index in [2.05, 4.69) is 10.3 Å². The number of thiophene rings is 1. The highest BCUT2D eigenvalue weighted by Crippen LogP contribution is 2.28. The fourth-order valence-corrected chi connectivity index (χ4v) is 2.72. The van der Waals surface area contributed by atoms with E-state index < -0.39 is 11.9 Å². The third-order valence-electron chi connectivity index (χ3n) is 2.53. The van der Waals surface area contributed by atoms with Gasteiger partial charge in [0.05, 0.1) is 12.2 Å². The van der Waals surface area contributed by atoms with E-state index in [9.17, 15) is 9.59 Å². The third kappa shape index (κ3) is 3.80. The van der Waals surface area contributed by atoms with Gasteiger partial charge in [-0.25, -0.2) is 4.79 Å². The van der Waals surface area contributed by atoms with Crippen LogP contribution >= 0.6 is 22.9 Å². The summed E-state index contributed by atoms with van der Waals surface area (Å²) in [5.74, 6) is -0.888. The Bertz CT molecular complexity index is 685. The summed E-state index contributed by atoms with van der Waals surface area (Å²) in [6, 6.07) is 4.72. The molecular formula is C14H13ClN2O3S. The van der Waals surface area contributed by atoms with E-state index in [4.69, 9.17) is 16.3 Å². The maximum absolute atomic E-state index is 12.1. The van der Waals surface area contributed by atoms with Crippen LogP contribution < -0.4 is 5.32 Å². The first kappa shape index (κ1) is 15.5. The molecule has 0 radical (unpaired) electrons. The molecule has 2 aromatic rings. The number of esters is 1. The fraction of sp³-hybridized carbons (Fsp3) is 0.214. The molecule has 0 atom stereocenters. The zero-order chi connectivity index (χ0) is 15.4. The van der Waals surface area contributed by atoms with Crippen molar-refractivity contribution in [1.82, 2.24) is 4.98 Å². The van der Waals surface area contributed by atoms with Gasteiger partial charge in [-0.15, -0.1) is 11.3 Å². The van der Waals surface area contributed by atoms with Gasteiger partial charge in [0.25, 0.3) is 5.91 Å². The number of amides is 1. The average Bonchev–Trinajstić information content (AvgIpc) is 2.80. The van der Waals surface area contributed by atoms with Gasteiger partial charge in [-0.2, -0.15) is 0 Å². The van der Waals surface area contributed by atoms with Crippen LogP contribution in [0.1, 0.15) is 32.6 Å². The lowest BCUT2D eigenvalue weighted by atomic mass is 10.3. The van der Waals surface area contributed by atoms with E-state index in [1.165, 1.54) is 23.6 Å². The molecule has 0 aromatic carbocycles. The lowest BCUT2D eigenvalue weighted by molar-refractivity contribution is 0.0528. The molecule has 2 heterocycles. The van der Waals surface area contributed by atoms with E-state index in [0.29, 0.717) is 15.6 Å². The van der Waals surface area contributed by atoms with Crippen molar-refractivity contribution < 1.29 is 14.3 Å². The first-order valence-electron chi connectivity index (χ1n) is 6.21. The number of hydrogen-bond acceptors (Lipinski definition) is 5. The minimum atomic E-state index is -0.462. The average molecular weight is 325 g/mol. The highest BCUT2D eigenvalue weighted by molar-refractivity contribution is 7.16. The van der Waals surface area contributed by atoms with Crippen molar-refractivity contribution in [2.45, 2.75) is 13.8 Å². The predicted octanol–water partition coefficient (Wildman–Crippen LogP) is 3.53. The lowest BCUT2D eigenvalue weighted by Crippen LogP contribution is -2.15. The summed E-state index contributed by atoms with van der Waals surface area (Å²) in [5.41, 5.74) is 0.526. The number of aryl methyl sites for hydroxylation is 1. The summed E-state index contributed by atoms with van der Waals surface area (Å²) in [6.07, 6.45) is 1.45. The normalized spacial score (nSPS) is 10.2. The second-order valence-corrected chi connectivity index (χ2v) is 5.83. The van der Waals surface area contributed by atoms with Crippen LogP contribution in [-0.2, 0) is 4.74 Å². The zero-order valence-corrected chi connectivity index (χ0v) is 13.0. The standard InChI is InChI=1S/C14H13ClN2O3S/c1-3-20-14(19)10-6-8(2)21-13(10)17-12(18)11-7-9(15)4-5-16-11/h4-7H,3H2,1-2H3,(H,17,18). The summed E-state index contributed by atoms with van der Waals surface area (Å²) in [5, 5.41) is 3.53. The minimum Gasteiger partial charge on any atom is -0.462 e. The van der Waals surface area contributed by atoms with E-state index in [1.807, 2.05) is 6.92 Å². The van der Waals surface area contributed by atoms with Gasteiger partial charge in [0.2, 0.25) is 0 Å². The molecule has 21 heavy (non-hydrogen) atoms. The predicted molar refractivity (Wildman–Crippen MR) is 82.2 cm³/mol. The molecular weight excluding hydrogens is 312 g/mol. The highest BCUT2D eigenvalue weighted by atomic mass is 35.5. The van der Waals surface area contributed by atoms with Crippen molar-refractivity contribution in [3.05, 3.63) is 45.6 Å². The molecule has 2 rings (SSSR count). The SMILES string of the molecule is CCOC(=O)c1cc(C)sc1NC(=O)c1cc(Cl)ccn1. The second-order valence-electron chi connectivity index (χ2n) is 4.13. The Labute approximate surface area is 130 Å². The number of nitrogens with one attached hydrogen (secondary N) is 1. The molecule has 0 aliphatic carbocycles. The third-order valence-corrected chi connectivity index (χ3v) is 3.73. The first-order chi connectivity index (χ1) is 10.0. The number of carbonyl (C=O) groups excluding carboxylic acids is 2. The van der Waals surface area contributed by atoms with Crippen molar-refractivity contribution in [3.8, 4) is 0 Å². The van der Waals surface area contributed by atoms with Gasteiger partial charge in [0.1, 0.15) is 10.7 Å². The van der Waals surface area contributed by atoms with Crippen molar-refractivity contribution in [1.29, 1.82) is 0 Å². The number of nitrogens with zero attached hydrogens (tertiary/aromatic N) is 1.